The number of nitrogens with two attached hydrogens (primary N) is 1. The quantitative estimate of drug-likeness (QED) is 0.755. The first-order valence-electron chi connectivity index (χ1n) is 6.81. The summed E-state index contributed by atoms with van der Waals surface area (Å²) < 4.78 is 2.22. The van der Waals surface area contributed by atoms with Crippen LogP contribution in [0.5, 0.6) is 0 Å². The van der Waals surface area contributed by atoms with E-state index in [9.17, 15) is 0 Å². The smallest absolute Gasteiger partial charge is 0.0404 e. The van der Waals surface area contributed by atoms with E-state index in [1.165, 1.54) is 16.7 Å². The Bertz CT molecular complexity index is 633. The highest BCUT2D eigenvalue weighted by atomic mass is 79.9. The van der Waals surface area contributed by atoms with Gasteiger partial charge in [-0.15, -0.1) is 0 Å². The molecule has 1 nitrogen and oxygen atoms in total. The molecule has 3 rings (SSSR count). The summed E-state index contributed by atoms with van der Waals surface area (Å²) in [6.45, 7) is 2.09. The average Bonchev–Trinajstić information content (AvgIpc) is 3.25. The van der Waals surface area contributed by atoms with Crippen LogP contribution < -0.4 is 5.73 Å². The first kappa shape index (κ1) is 14.3. The number of halogens is 2. The molecule has 0 amide bonds. The second-order valence-corrected chi connectivity index (χ2v) is 7.33. The van der Waals surface area contributed by atoms with Crippen LogP contribution in [0.15, 0.2) is 51.4 Å². The fourth-order valence-corrected chi connectivity index (χ4v) is 3.95. The Balaban J connectivity index is 2.01. The molecule has 3 heteroatoms. The topological polar surface area (TPSA) is 26.0 Å². The second kappa shape index (κ2) is 5.28. The number of benzene rings is 2. The largest absolute Gasteiger partial charge is 0.323 e. The molecule has 1 aliphatic carbocycles. The lowest BCUT2D eigenvalue weighted by Gasteiger charge is -2.26. The lowest BCUT2D eigenvalue weighted by Crippen LogP contribution is -2.26. The Morgan fingerprint density at radius 3 is 2.30 bits per heavy atom. The molecule has 2 aromatic carbocycles. The van der Waals surface area contributed by atoms with Gasteiger partial charge in [0.05, 0.1) is 0 Å². The summed E-state index contributed by atoms with van der Waals surface area (Å²) in [6, 6.07) is 15.0. The summed E-state index contributed by atoms with van der Waals surface area (Å²) >= 11 is 7.29. The summed E-state index contributed by atoms with van der Waals surface area (Å²) in [5.41, 5.74) is 10.5. The van der Waals surface area contributed by atoms with E-state index in [0.717, 1.165) is 21.8 Å². The highest BCUT2D eigenvalue weighted by Gasteiger charge is 2.50. The van der Waals surface area contributed by atoms with Crippen molar-refractivity contribution in [2.75, 3.05) is 0 Å². The van der Waals surface area contributed by atoms with Crippen molar-refractivity contribution in [3.8, 4) is 0 Å². The van der Waals surface area contributed by atoms with Gasteiger partial charge in [0.1, 0.15) is 0 Å². The van der Waals surface area contributed by atoms with Gasteiger partial charge in [0.2, 0.25) is 0 Å². The van der Waals surface area contributed by atoms with E-state index in [1.54, 1.807) is 0 Å². The molecular weight excluding hydrogens is 378 g/mol. The summed E-state index contributed by atoms with van der Waals surface area (Å²) in [4.78, 5) is 0. The molecular formula is C17H17Br2N. The highest BCUT2D eigenvalue weighted by Crippen LogP contribution is 2.56. The number of aryl methyl sites for hydroxylation is 1. The van der Waals surface area contributed by atoms with Crippen LogP contribution in [-0.2, 0) is 5.41 Å². The Morgan fingerprint density at radius 2 is 1.70 bits per heavy atom. The first-order chi connectivity index (χ1) is 9.54. The second-order valence-electron chi connectivity index (χ2n) is 5.62. The van der Waals surface area contributed by atoms with Crippen LogP contribution in [0, 0.1) is 6.92 Å². The lowest BCUT2D eigenvalue weighted by molar-refractivity contribution is 0.539. The SMILES string of the molecule is Cc1cc(Br)c(C(N)C2(c3ccccc3)CC2)cc1Br. The van der Waals surface area contributed by atoms with E-state index in [1.807, 2.05) is 0 Å². The monoisotopic (exact) mass is 393 g/mol. The van der Waals surface area contributed by atoms with Crippen molar-refractivity contribution in [2.24, 2.45) is 5.73 Å². The summed E-state index contributed by atoms with van der Waals surface area (Å²) in [5, 5.41) is 0. The third-order valence-corrected chi connectivity index (χ3v) is 5.89. The summed E-state index contributed by atoms with van der Waals surface area (Å²) in [7, 11) is 0. The molecule has 0 saturated heterocycles. The minimum Gasteiger partial charge on any atom is -0.323 e. The fraction of sp³-hybridized carbons (Fsp3) is 0.294. The highest BCUT2D eigenvalue weighted by molar-refractivity contribution is 9.11. The standard InChI is InChI=1S/C17H17Br2N/c1-11-9-15(19)13(10-14(11)18)16(20)17(7-8-17)12-5-3-2-4-6-12/h2-6,9-10,16H,7-8,20H2,1H3. The van der Waals surface area contributed by atoms with E-state index >= 15 is 0 Å². The molecule has 1 atom stereocenters. The molecule has 0 heterocycles. The lowest BCUT2D eigenvalue weighted by atomic mass is 9.84. The number of hydrogen-bond acceptors (Lipinski definition) is 1. The van der Waals surface area contributed by atoms with Gasteiger partial charge in [-0.2, -0.15) is 0 Å². The molecule has 0 aliphatic heterocycles. The molecule has 104 valence electrons. The van der Waals surface area contributed by atoms with Gasteiger partial charge in [-0.3, -0.25) is 0 Å². The Hall–Kier alpha value is -0.640. The summed E-state index contributed by atoms with van der Waals surface area (Å²) in [5.74, 6) is 0. The fourth-order valence-electron chi connectivity index (χ4n) is 2.88. The predicted octanol–water partition coefficient (Wildman–Crippen LogP) is 5.25. The number of hydrogen-bond donors (Lipinski definition) is 1. The van der Waals surface area contributed by atoms with Crippen molar-refractivity contribution in [3.63, 3.8) is 0 Å². The molecule has 0 aromatic heterocycles. The van der Waals surface area contributed by atoms with Gasteiger partial charge < -0.3 is 5.73 Å². The predicted molar refractivity (Wildman–Crippen MR) is 90.9 cm³/mol. The van der Waals surface area contributed by atoms with Gasteiger partial charge in [0, 0.05) is 20.4 Å². The van der Waals surface area contributed by atoms with Crippen molar-refractivity contribution >= 4 is 31.9 Å². The van der Waals surface area contributed by atoms with Gasteiger partial charge in [0.15, 0.2) is 0 Å². The molecule has 1 unspecified atom stereocenters. The maximum Gasteiger partial charge on any atom is 0.0404 e. The van der Waals surface area contributed by atoms with E-state index in [0.29, 0.717) is 0 Å². The molecule has 1 fully saturated rings. The van der Waals surface area contributed by atoms with Crippen LogP contribution in [0.4, 0.5) is 0 Å². The molecule has 0 spiro atoms. The van der Waals surface area contributed by atoms with Crippen LogP contribution in [0.3, 0.4) is 0 Å². The van der Waals surface area contributed by atoms with Crippen LogP contribution in [-0.4, -0.2) is 0 Å². The van der Waals surface area contributed by atoms with Crippen LogP contribution in [0.1, 0.15) is 35.6 Å². The van der Waals surface area contributed by atoms with Gasteiger partial charge in [-0.25, -0.2) is 0 Å². The normalized spacial score (nSPS) is 17.8. The van der Waals surface area contributed by atoms with E-state index in [2.05, 4.69) is 81.2 Å². The van der Waals surface area contributed by atoms with E-state index in [4.69, 9.17) is 5.73 Å². The third kappa shape index (κ3) is 2.36. The van der Waals surface area contributed by atoms with Crippen LogP contribution >= 0.6 is 31.9 Å². The molecule has 1 aliphatic rings. The Morgan fingerprint density at radius 1 is 1.05 bits per heavy atom. The van der Waals surface area contributed by atoms with Crippen molar-refractivity contribution in [1.82, 2.24) is 0 Å². The van der Waals surface area contributed by atoms with Crippen molar-refractivity contribution in [2.45, 2.75) is 31.2 Å². The van der Waals surface area contributed by atoms with Crippen molar-refractivity contribution in [3.05, 3.63) is 68.1 Å². The van der Waals surface area contributed by atoms with Gasteiger partial charge >= 0.3 is 0 Å². The van der Waals surface area contributed by atoms with Crippen molar-refractivity contribution < 1.29 is 0 Å². The molecule has 0 bridgehead atoms. The minimum atomic E-state index is 0.0242. The molecule has 0 radical (unpaired) electrons. The Labute approximate surface area is 136 Å². The van der Waals surface area contributed by atoms with Gasteiger partial charge in [-0.05, 0) is 48.6 Å². The average molecular weight is 395 g/mol. The van der Waals surface area contributed by atoms with Crippen molar-refractivity contribution in [1.29, 1.82) is 0 Å². The third-order valence-electron chi connectivity index (χ3n) is 4.35. The first-order valence-corrected chi connectivity index (χ1v) is 8.40. The minimum absolute atomic E-state index is 0.0242. The Kier molecular flexibility index (Phi) is 3.78. The zero-order valence-corrected chi connectivity index (χ0v) is 14.5. The van der Waals surface area contributed by atoms with E-state index in [-0.39, 0.29) is 11.5 Å². The molecule has 1 saturated carbocycles. The molecule has 2 N–H and O–H groups in total. The number of rotatable bonds is 3. The van der Waals surface area contributed by atoms with Gasteiger partial charge in [0.25, 0.3) is 0 Å². The zero-order valence-electron chi connectivity index (χ0n) is 11.4. The zero-order chi connectivity index (χ0) is 14.3. The maximum atomic E-state index is 6.64. The summed E-state index contributed by atoms with van der Waals surface area (Å²) in [6.07, 6.45) is 2.33. The molecule has 20 heavy (non-hydrogen) atoms. The van der Waals surface area contributed by atoms with Crippen LogP contribution in [0.25, 0.3) is 0 Å². The molecule has 2 aromatic rings. The maximum absolute atomic E-state index is 6.64. The van der Waals surface area contributed by atoms with Gasteiger partial charge in [-0.1, -0.05) is 62.2 Å². The van der Waals surface area contributed by atoms with E-state index < -0.39 is 0 Å². The van der Waals surface area contributed by atoms with Crippen LogP contribution in [0.2, 0.25) is 0 Å².